The number of aryl methyl sites for hydroxylation is 1. The fraction of sp³-hybridized carbons (Fsp3) is 0.333. The number of aliphatic hydroxyl groups excluding tert-OH is 1. The Balaban J connectivity index is 3.01. The molecule has 10 heteroatoms. The van der Waals surface area contributed by atoms with Gasteiger partial charge in [0.05, 0.1) is 6.61 Å². The molecule has 1 rings (SSSR count). The summed E-state index contributed by atoms with van der Waals surface area (Å²) in [5.41, 5.74) is -0.0938. The minimum Gasteiger partial charge on any atom is -0.480 e. The SMILES string of the molecule is Cn1cc(S(N)(=O)=O)cc1C(=O)N[C@@H](CO)C(=O)O. The molecule has 0 aliphatic rings. The standard InChI is InChI=1S/C9H13N3O6S/c1-12-3-5(19(10,17)18)2-7(12)8(14)11-6(4-13)9(15)16/h2-3,6,13H,4H2,1H3,(H,11,14)(H,15,16)(H2,10,17,18)/t6-/m0/s1. The molecule has 1 aromatic heterocycles. The molecule has 0 unspecified atom stereocenters. The first-order chi connectivity index (χ1) is 8.66. The first kappa shape index (κ1) is 15.1. The average molecular weight is 291 g/mol. The van der Waals surface area contributed by atoms with E-state index >= 15 is 0 Å². The molecule has 0 spiro atoms. The van der Waals surface area contributed by atoms with E-state index < -0.39 is 34.5 Å². The van der Waals surface area contributed by atoms with Crippen molar-refractivity contribution in [3.63, 3.8) is 0 Å². The smallest absolute Gasteiger partial charge is 0.328 e. The first-order valence-corrected chi connectivity index (χ1v) is 6.55. The highest BCUT2D eigenvalue weighted by Gasteiger charge is 2.23. The van der Waals surface area contributed by atoms with E-state index in [9.17, 15) is 18.0 Å². The van der Waals surface area contributed by atoms with Gasteiger partial charge in [-0.05, 0) is 6.07 Å². The lowest BCUT2D eigenvalue weighted by molar-refractivity contribution is -0.140. The van der Waals surface area contributed by atoms with E-state index in [-0.39, 0.29) is 10.6 Å². The second kappa shape index (κ2) is 5.38. The van der Waals surface area contributed by atoms with Crippen LogP contribution in [0.1, 0.15) is 10.5 Å². The van der Waals surface area contributed by atoms with Crippen molar-refractivity contribution >= 4 is 21.9 Å². The molecule has 0 radical (unpaired) electrons. The average Bonchev–Trinajstić information content (AvgIpc) is 2.67. The monoisotopic (exact) mass is 291 g/mol. The summed E-state index contributed by atoms with van der Waals surface area (Å²) in [4.78, 5) is 22.1. The zero-order chi connectivity index (χ0) is 14.8. The second-order valence-electron chi connectivity index (χ2n) is 3.76. The summed E-state index contributed by atoms with van der Waals surface area (Å²) in [6.07, 6.45) is 1.12. The van der Waals surface area contributed by atoms with Crippen LogP contribution in [0.25, 0.3) is 0 Å². The quantitative estimate of drug-likeness (QED) is 0.485. The predicted octanol–water partition coefficient (Wildman–Crippen LogP) is -2.15. The van der Waals surface area contributed by atoms with Crippen LogP contribution in [-0.4, -0.2) is 47.7 Å². The number of aliphatic hydroxyl groups is 1. The van der Waals surface area contributed by atoms with E-state index in [4.69, 9.17) is 15.4 Å². The zero-order valence-electron chi connectivity index (χ0n) is 9.90. The highest BCUT2D eigenvalue weighted by molar-refractivity contribution is 7.89. The van der Waals surface area contributed by atoms with E-state index in [1.165, 1.54) is 11.6 Å². The largest absolute Gasteiger partial charge is 0.480 e. The predicted molar refractivity (Wildman–Crippen MR) is 62.8 cm³/mol. The number of carboxylic acids is 1. The van der Waals surface area contributed by atoms with E-state index in [0.717, 1.165) is 12.3 Å². The number of hydrogen-bond acceptors (Lipinski definition) is 5. The topological polar surface area (TPSA) is 152 Å². The third kappa shape index (κ3) is 3.53. The van der Waals surface area contributed by atoms with Gasteiger partial charge in [0.25, 0.3) is 5.91 Å². The maximum atomic E-state index is 11.7. The maximum Gasteiger partial charge on any atom is 0.328 e. The van der Waals surface area contributed by atoms with Crippen molar-refractivity contribution in [2.45, 2.75) is 10.9 Å². The molecule has 0 aliphatic heterocycles. The van der Waals surface area contributed by atoms with E-state index in [2.05, 4.69) is 0 Å². The molecule has 0 aliphatic carbocycles. The molecule has 0 aromatic carbocycles. The lowest BCUT2D eigenvalue weighted by Gasteiger charge is -2.11. The van der Waals surface area contributed by atoms with Gasteiger partial charge in [-0.25, -0.2) is 18.4 Å². The Morgan fingerprint density at radius 3 is 2.47 bits per heavy atom. The molecule has 5 N–H and O–H groups in total. The van der Waals surface area contributed by atoms with E-state index in [1.807, 2.05) is 5.32 Å². The Kier molecular flexibility index (Phi) is 4.29. The van der Waals surface area contributed by atoms with Gasteiger partial charge in [-0.15, -0.1) is 0 Å². The number of primary sulfonamides is 1. The molecule has 9 nitrogen and oxygen atoms in total. The molecule has 1 aromatic rings. The molecule has 19 heavy (non-hydrogen) atoms. The molecule has 1 atom stereocenters. The van der Waals surface area contributed by atoms with Crippen molar-refractivity contribution in [3.05, 3.63) is 18.0 Å². The van der Waals surface area contributed by atoms with Crippen LogP contribution in [0.15, 0.2) is 17.2 Å². The number of aromatic nitrogens is 1. The first-order valence-electron chi connectivity index (χ1n) is 5.00. The number of amides is 1. The summed E-state index contributed by atoms with van der Waals surface area (Å²) in [6, 6.07) is -0.457. The van der Waals surface area contributed by atoms with Crippen LogP contribution in [0.4, 0.5) is 0 Å². The van der Waals surface area contributed by atoms with Crippen LogP contribution < -0.4 is 10.5 Å². The number of carboxylic acid groups (broad SMARTS) is 1. The van der Waals surface area contributed by atoms with Crippen molar-refractivity contribution in [2.75, 3.05) is 6.61 Å². The molecule has 106 valence electrons. The third-order valence-electron chi connectivity index (χ3n) is 2.33. The van der Waals surface area contributed by atoms with Gasteiger partial charge >= 0.3 is 5.97 Å². The molecule has 0 saturated carbocycles. The van der Waals surface area contributed by atoms with Gasteiger partial charge in [-0.2, -0.15) is 0 Å². The van der Waals surface area contributed by atoms with E-state index in [1.54, 1.807) is 0 Å². The van der Waals surface area contributed by atoms with Gasteiger partial charge in [0.1, 0.15) is 10.6 Å². The fourth-order valence-electron chi connectivity index (χ4n) is 1.33. The number of rotatable bonds is 5. The summed E-state index contributed by atoms with van der Waals surface area (Å²) in [6.45, 7) is -0.784. The van der Waals surface area contributed by atoms with Crippen LogP contribution in [0.2, 0.25) is 0 Å². The van der Waals surface area contributed by atoms with Crippen LogP contribution in [0, 0.1) is 0 Å². The van der Waals surface area contributed by atoms with Gasteiger partial charge in [0, 0.05) is 13.2 Å². The molecule has 0 fully saturated rings. The van der Waals surface area contributed by atoms with Gasteiger partial charge < -0.3 is 20.1 Å². The van der Waals surface area contributed by atoms with Crippen molar-refractivity contribution in [1.82, 2.24) is 9.88 Å². The van der Waals surface area contributed by atoms with Crippen molar-refractivity contribution < 1.29 is 28.2 Å². The summed E-state index contributed by atoms with van der Waals surface area (Å²) < 4.78 is 23.4. The van der Waals surface area contributed by atoms with Crippen LogP contribution in [0.3, 0.4) is 0 Å². The zero-order valence-corrected chi connectivity index (χ0v) is 10.7. The van der Waals surface area contributed by atoms with Crippen molar-refractivity contribution in [1.29, 1.82) is 0 Å². The van der Waals surface area contributed by atoms with Crippen molar-refractivity contribution in [3.8, 4) is 0 Å². The fourth-order valence-corrected chi connectivity index (χ4v) is 1.91. The Morgan fingerprint density at radius 1 is 1.53 bits per heavy atom. The highest BCUT2D eigenvalue weighted by atomic mass is 32.2. The highest BCUT2D eigenvalue weighted by Crippen LogP contribution is 2.11. The van der Waals surface area contributed by atoms with Crippen LogP contribution >= 0.6 is 0 Å². The lowest BCUT2D eigenvalue weighted by Crippen LogP contribution is -2.43. The van der Waals surface area contributed by atoms with Crippen LogP contribution in [0.5, 0.6) is 0 Å². The number of hydrogen-bond donors (Lipinski definition) is 4. The summed E-state index contributed by atoms with van der Waals surface area (Å²) in [5.74, 6) is -2.24. The molecule has 0 saturated heterocycles. The van der Waals surface area contributed by atoms with Crippen molar-refractivity contribution in [2.24, 2.45) is 12.2 Å². The normalized spacial score (nSPS) is 13.0. The molecular weight excluding hydrogens is 278 g/mol. The van der Waals surface area contributed by atoms with Gasteiger partial charge in [0.2, 0.25) is 10.0 Å². The second-order valence-corrected chi connectivity index (χ2v) is 5.33. The third-order valence-corrected chi connectivity index (χ3v) is 3.21. The van der Waals surface area contributed by atoms with Gasteiger partial charge in [-0.1, -0.05) is 0 Å². The van der Waals surface area contributed by atoms with Gasteiger partial charge in [0.15, 0.2) is 6.04 Å². The Hall–Kier alpha value is -1.91. The molecule has 1 heterocycles. The number of aliphatic carboxylic acids is 1. The van der Waals surface area contributed by atoms with Gasteiger partial charge in [-0.3, -0.25) is 4.79 Å². The lowest BCUT2D eigenvalue weighted by atomic mass is 10.3. The Labute approximate surface area is 108 Å². The Bertz CT molecular complexity index is 605. The minimum absolute atomic E-state index is 0.0938. The number of nitrogens with zero attached hydrogens (tertiary/aromatic N) is 1. The molecule has 0 bridgehead atoms. The Morgan fingerprint density at radius 2 is 2.11 bits per heavy atom. The maximum absolute atomic E-state index is 11.7. The summed E-state index contributed by atoms with van der Waals surface area (Å²) in [5, 5.41) is 24.4. The number of nitrogens with one attached hydrogen (secondary N) is 1. The number of carbonyl (C=O) groups excluding carboxylic acids is 1. The summed E-state index contributed by atoms with van der Waals surface area (Å²) >= 11 is 0. The summed E-state index contributed by atoms with van der Waals surface area (Å²) in [7, 11) is -2.55. The minimum atomic E-state index is -3.95. The molecule has 1 amide bonds. The number of nitrogens with two attached hydrogens (primary N) is 1. The van der Waals surface area contributed by atoms with E-state index in [0.29, 0.717) is 0 Å². The van der Waals surface area contributed by atoms with Crippen LogP contribution in [-0.2, 0) is 21.9 Å². The number of carbonyl (C=O) groups is 2. The number of sulfonamides is 1. The molecular formula is C9H13N3O6S.